The van der Waals surface area contributed by atoms with E-state index in [0.717, 1.165) is 15.6 Å². The molecule has 3 rings (SSSR count). The summed E-state index contributed by atoms with van der Waals surface area (Å²) in [5.74, 6) is 0. The molecule has 0 saturated carbocycles. The maximum absolute atomic E-state index is 11.6. The quantitative estimate of drug-likeness (QED) is 0.324. The third-order valence-electron chi connectivity index (χ3n) is 4.19. The number of aliphatic hydroxyl groups is 1. The van der Waals surface area contributed by atoms with Gasteiger partial charge in [0, 0.05) is 19.5 Å². The molecule has 0 spiro atoms. The Bertz CT molecular complexity index is 795. The van der Waals surface area contributed by atoms with Crippen molar-refractivity contribution in [3.63, 3.8) is 0 Å². The van der Waals surface area contributed by atoms with Gasteiger partial charge >= 0.3 is 12.4 Å². The van der Waals surface area contributed by atoms with Gasteiger partial charge in [0.05, 0.1) is 0 Å². The second-order valence-electron chi connectivity index (χ2n) is 6.29. The Balaban J connectivity index is 0.000000376. The molecular formula is C21H18F6O2SiZn. The van der Waals surface area contributed by atoms with Crippen molar-refractivity contribution in [1.29, 1.82) is 0 Å². The molecule has 3 aromatic carbocycles. The van der Waals surface area contributed by atoms with E-state index in [2.05, 4.69) is 0 Å². The van der Waals surface area contributed by atoms with E-state index in [1.165, 1.54) is 0 Å². The predicted molar refractivity (Wildman–Crippen MR) is 104 cm³/mol. The number of alkyl halides is 6. The Morgan fingerprint density at radius 3 is 0.935 bits per heavy atom. The first-order chi connectivity index (χ1) is 14.0. The molecule has 0 aliphatic heterocycles. The predicted octanol–water partition coefficient (Wildman–Crippen LogP) is 3.12. The van der Waals surface area contributed by atoms with Gasteiger partial charge in [0.25, 0.3) is 8.32 Å². The monoisotopic (exact) mass is 508 g/mol. The molecule has 0 saturated heterocycles. The summed E-state index contributed by atoms with van der Waals surface area (Å²) < 4.78 is 65.9. The van der Waals surface area contributed by atoms with Crippen LogP contribution in [0, 0.1) is 0 Å². The van der Waals surface area contributed by atoms with Gasteiger partial charge in [0.15, 0.2) is 0 Å². The molecule has 3 aromatic rings. The Kier molecular flexibility index (Phi) is 9.63. The fourth-order valence-electron chi connectivity index (χ4n) is 2.72. The van der Waals surface area contributed by atoms with Crippen LogP contribution in [0.4, 0.5) is 26.3 Å². The fourth-order valence-corrected chi connectivity index (χ4v) is 5.75. The molecular weight excluding hydrogens is 492 g/mol. The smallest absolute Gasteiger partial charge is 0.421 e. The van der Waals surface area contributed by atoms with Crippen molar-refractivity contribution in [3.8, 4) is 0 Å². The van der Waals surface area contributed by atoms with Gasteiger partial charge in [-0.15, -0.1) is 0 Å². The number of aliphatic hydroxyl groups excluding tert-OH is 1. The molecule has 0 heterocycles. The zero-order valence-corrected chi connectivity index (χ0v) is 20.1. The Hall–Kier alpha value is -2.00. The minimum Gasteiger partial charge on any atom is -0.421 e. The summed E-state index contributed by atoms with van der Waals surface area (Å²) in [7, 11) is -2.88. The number of hydrogen-bond donors (Lipinski definition) is 2. The van der Waals surface area contributed by atoms with Crippen LogP contribution in [0.5, 0.6) is 0 Å². The first-order valence-electron chi connectivity index (χ1n) is 8.68. The third kappa shape index (κ3) is 7.00. The van der Waals surface area contributed by atoms with E-state index in [-0.39, 0.29) is 19.5 Å². The van der Waals surface area contributed by atoms with Gasteiger partial charge in [-0.05, 0) is 15.6 Å². The molecule has 0 aromatic heterocycles. The zero-order chi connectivity index (χ0) is 22.4. The molecule has 0 aliphatic carbocycles. The maximum Gasteiger partial charge on any atom is 0.423 e. The Labute approximate surface area is 189 Å². The van der Waals surface area contributed by atoms with Gasteiger partial charge < -0.3 is 9.90 Å². The van der Waals surface area contributed by atoms with Crippen LogP contribution in [-0.4, -0.2) is 36.7 Å². The zero-order valence-electron chi connectivity index (χ0n) is 16.1. The van der Waals surface area contributed by atoms with E-state index < -0.39 is 26.8 Å². The van der Waals surface area contributed by atoms with E-state index in [9.17, 15) is 31.1 Å². The molecule has 2 nitrogen and oxygen atoms in total. The minimum absolute atomic E-state index is 0. The van der Waals surface area contributed by atoms with Crippen LogP contribution >= 0.6 is 0 Å². The van der Waals surface area contributed by atoms with Crippen molar-refractivity contribution < 1.29 is 55.7 Å². The van der Waals surface area contributed by atoms with Gasteiger partial charge in [-0.1, -0.05) is 91.0 Å². The first kappa shape index (κ1) is 27.0. The van der Waals surface area contributed by atoms with Crippen molar-refractivity contribution in [3.05, 3.63) is 91.0 Å². The Morgan fingerprint density at radius 1 is 0.548 bits per heavy atom. The summed E-state index contributed by atoms with van der Waals surface area (Å²) in [4.78, 5) is 11.6. The average Bonchev–Trinajstić information content (AvgIpc) is 2.73. The van der Waals surface area contributed by atoms with Crippen LogP contribution in [0.3, 0.4) is 0 Å². The minimum atomic E-state index is -5.63. The fraction of sp³-hybridized carbons (Fsp3) is 0.143. The van der Waals surface area contributed by atoms with Crippen LogP contribution in [0.25, 0.3) is 0 Å². The van der Waals surface area contributed by atoms with Crippen LogP contribution in [0.2, 0.25) is 0 Å². The molecule has 2 N–H and O–H groups in total. The number of rotatable bonds is 3. The molecule has 0 aliphatic rings. The molecule has 10 heteroatoms. The molecule has 31 heavy (non-hydrogen) atoms. The molecule has 0 unspecified atom stereocenters. The van der Waals surface area contributed by atoms with Crippen molar-refractivity contribution in [2.75, 3.05) is 0 Å². The summed E-state index contributed by atoms with van der Waals surface area (Å²) in [6.07, 6.45) is -15.5. The summed E-state index contributed by atoms with van der Waals surface area (Å²) in [6, 6.07) is 30.0. The average molecular weight is 510 g/mol. The maximum atomic E-state index is 11.6. The molecule has 162 valence electrons. The topological polar surface area (TPSA) is 40.5 Å². The first-order valence-corrected chi connectivity index (χ1v) is 10.6. The summed E-state index contributed by atoms with van der Waals surface area (Å²) >= 11 is 0. The summed E-state index contributed by atoms with van der Waals surface area (Å²) in [6.45, 7) is 0. The second-order valence-corrected chi connectivity index (χ2v) is 9.45. The van der Waals surface area contributed by atoms with Crippen LogP contribution in [-0.2, 0) is 19.5 Å². The molecule has 0 bridgehead atoms. The van der Waals surface area contributed by atoms with E-state index in [4.69, 9.17) is 5.11 Å². The second kappa shape index (κ2) is 11.0. The van der Waals surface area contributed by atoms with Crippen molar-refractivity contribution in [1.82, 2.24) is 0 Å². The van der Waals surface area contributed by atoms with Gasteiger partial charge in [-0.3, -0.25) is 0 Å². The van der Waals surface area contributed by atoms with E-state index >= 15 is 0 Å². The van der Waals surface area contributed by atoms with Crippen molar-refractivity contribution in [2.24, 2.45) is 0 Å². The van der Waals surface area contributed by atoms with E-state index in [1.54, 1.807) is 0 Å². The van der Waals surface area contributed by atoms with Gasteiger partial charge in [-0.2, -0.15) is 26.3 Å². The SMILES string of the molecule is OC(C(F)(F)F)C(F)(F)F.O[Si](c1ccccc1)(c1ccccc1)c1ccccc1.[Zn]. The van der Waals surface area contributed by atoms with Crippen molar-refractivity contribution >= 4 is 23.9 Å². The number of hydrogen-bond acceptors (Lipinski definition) is 2. The number of halogens is 6. The summed E-state index contributed by atoms with van der Waals surface area (Å²) in [5, 5.41) is 10.5. The van der Waals surface area contributed by atoms with Gasteiger partial charge in [0.1, 0.15) is 0 Å². The summed E-state index contributed by atoms with van der Waals surface area (Å²) in [5.41, 5.74) is 0. The molecule has 0 fully saturated rings. The number of benzene rings is 3. The molecule has 0 radical (unpaired) electrons. The largest absolute Gasteiger partial charge is 0.423 e. The van der Waals surface area contributed by atoms with Gasteiger partial charge in [-0.25, -0.2) is 0 Å². The van der Waals surface area contributed by atoms with E-state index in [1.807, 2.05) is 91.0 Å². The van der Waals surface area contributed by atoms with Crippen LogP contribution in [0.1, 0.15) is 0 Å². The standard InChI is InChI=1S/C18H16OSi.C3H2F6O.Zn/c19-20(16-10-4-1-5-11-16,17-12-6-2-7-13-17)18-14-8-3-9-15-18;4-2(5,6)1(10)3(7,8)9;/h1-15,19H;1,10H;. The normalized spacial score (nSPS) is 11.9. The van der Waals surface area contributed by atoms with E-state index in [0.29, 0.717) is 0 Å². The van der Waals surface area contributed by atoms with Gasteiger partial charge in [0.2, 0.25) is 6.10 Å². The van der Waals surface area contributed by atoms with Crippen molar-refractivity contribution in [2.45, 2.75) is 18.5 Å². The molecule has 0 amide bonds. The molecule has 0 atom stereocenters. The Morgan fingerprint density at radius 2 is 0.774 bits per heavy atom. The third-order valence-corrected chi connectivity index (χ3v) is 7.70. The van der Waals surface area contributed by atoms with Crippen LogP contribution < -0.4 is 15.6 Å². The van der Waals surface area contributed by atoms with Crippen LogP contribution in [0.15, 0.2) is 91.0 Å².